The minimum Gasteiger partial charge on any atom is -0.311 e. The Morgan fingerprint density at radius 2 is 0.719 bits per heavy atom. The number of benzene rings is 12. The molecule has 14 aromatic rings. The highest BCUT2D eigenvalue weighted by atomic mass is 28.3. The molecular weight excluding hydrogens is 1100 g/mol. The molecule has 2 heterocycles. The Bertz CT molecular complexity index is 4980. The molecule has 89 heavy (non-hydrogen) atoms. The Hall–Kier alpha value is -11.0. The largest absolute Gasteiger partial charge is 0.311 e. The van der Waals surface area contributed by atoms with E-state index in [4.69, 9.17) is 6.57 Å². The molecule has 2 aromatic heterocycles. The second-order valence-corrected chi connectivity index (χ2v) is 30.0. The van der Waals surface area contributed by atoms with Crippen LogP contribution in [0.5, 0.6) is 0 Å². The van der Waals surface area contributed by atoms with E-state index in [1.165, 1.54) is 87.5 Å². The molecule has 0 spiro atoms. The summed E-state index contributed by atoms with van der Waals surface area (Å²) in [6.45, 7) is 22.4. The van der Waals surface area contributed by atoms with Crippen molar-refractivity contribution in [1.82, 2.24) is 9.13 Å². The van der Waals surface area contributed by atoms with Crippen LogP contribution >= 0.6 is 0 Å². The highest BCUT2D eigenvalue weighted by molar-refractivity contribution is 7.00. The van der Waals surface area contributed by atoms with Crippen LogP contribution in [0.1, 0.15) is 55.5 Å². The number of rotatable bonds is 10. The number of hydrogen-bond acceptors (Lipinski definition) is 3. The molecule has 2 aliphatic carbocycles. The standard InChI is InChI=1S/C82H62N6Si/c1-81(2)73-48-61(85(57-30-26-53(52-83)27-31-57)59-36-44-79-71(46-59)69-22-14-16-24-77(69)87(79)55-18-10-8-11-19-55)34-40-65(73)67-42-38-63(50-75(67)81)89(6,7)64-39-43-68-66-41-35-62(49-74(66)82(3,4)76(68)51-64)86(58-32-28-54(84-5)29-33-58)60-37-45-80-72(47-60)70-23-15-17-25-78(70)88(80)56-20-12-9-13-21-56/h8-51H,1-4,6-7H3. The van der Waals surface area contributed by atoms with Crippen LogP contribution in [0.15, 0.2) is 267 Å². The Balaban J connectivity index is 0.737. The lowest BCUT2D eigenvalue weighted by Gasteiger charge is -2.30. The van der Waals surface area contributed by atoms with Gasteiger partial charge in [0, 0.05) is 77.9 Å². The molecule has 16 rings (SSSR count). The Kier molecular flexibility index (Phi) is 12.1. The second-order valence-electron chi connectivity index (χ2n) is 25.6. The number of nitriles is 1. The van der Waals surface area contributed by atoms with E-state index in [-0.39, 0.29) is 10.8 Å². The zero-order chi connectivity index (χ0) is 60.5. The summed E-state index contributed by atoms with van der Waals surface area (Å²) in [5.41, 5.74) is 24.2. The van der Waals surface area contributed by atoms with Gasteiger partial charge in [-0.2, -0.15) is 5.26 Å². The van der Waals surface area contributed by atoms with Crippen molar-refractivity contribution in [3.8, 4) is 39.7 Å². The van der Waals surface area contributed by atoms with Gasteiger partial charge in [-0.15, -0.1) is 0 Å². The Morgan fingerprint density at radius 3 is 1.15 bits per heavy atom. The maximum Gasteiger partial charge on any atom is 0.187 e. The molecule has 0 fully saturated rings. The van der Waals surface area contributed by atoms with Crippen molar-refractivity contribution >= 4 is 102 Å². The second kappa shape index (κ2) is 20.1. The summed E-state index contributed by atoms with van der Waals surface area (Å²) in [5.74, 6) is 0. The smallest absolute Gasteiger partial charge is 0.187 e. The number of anilines is 6. The zero-order valence-electron chi connectivity index (χ0n) is 50.6. The van der Waals surface area contributed by atoms with Gasteiger partial charge in [-0.1, -0.05) is 185 Å². The molecule has 7 heteroatoms. The van der Waals surface area contributed by atoms with Crippen LogP contribution in [0, 0.1) is 17.9 Å². The molecule has 0 radical (unpaired) electrons. The van der Waals surface area contributed by atoms with Gasteiger partial charge in [0.15, 0.2) is 5.69 Å². The fraction of sp³-hybridized carbons (Fsp3) is 0.0976. The van der Waals surface area contributed by atoms with E-state index >= 15 is 0 Å². The van der Waals surface area contributed by atoms with Gasteiger partial charge in [0.2, 0.25) is 0 Å². The Labute approximate surface area is 520 Å². The monoisotopic (exact) mass is 1160 g/mol. The van der Waals surface area contributed by atoms with Crippen LogP contribution in [-0.2, 0) is 10.8 Å². The van der Waals surface area contributed by atoms with Crippen LogP contribution in [0.2, 0.25) is 13.1 Å². The lowest BCUT2D eigenvalue weighted by atomic mass is 9.82. The van der Waals surface area contributed by atoms with Crippen LogP contribution < -0.4 is 20.2 Å². The summed E-state index contributed by atoms with van der Waals surface area (Å²) in [6, 6.07) is 99.4. The molecule has 0 unspecified atom stereocenters. The van der Waals surface area contributed by atoms with Crippen molar-refractivity contribution in [1.29, 1.82) is 5.26 Å². The van der Waals surface area contributed by atoms with Gasteiger partial charge in [-0.05, 0) is 178 Å². The minimum absolute atomic E-state index is 0.286. The van der Waals surface area contributed by atoms with E-state index in [2.05, 4.69) is 313 Å². The van der Waals surface area contributed by atoms with Crippen LogP contribution in [0.3, 0.4) is 0 Å². The topological polar surface area (TPSA) is 44.5 Å². The summed E-state index contributed by atoms with van der Waals surface area (Å²) < 4.78 is 4.72. The average molecular weight is 1160 g/mol. The highest BCUT2D eigenvalue weighted by Gasteiger charge is 2.41. The van der Waals surface area contributed by atoms with Gasteiger partial charge in [0.1, 0.15) is 8.07 Å². The van der Waals surface area contributed by atoms with Gasteiger partial charge in [-0.25, -0.2) is 4.85 Å². The molecule has 6 nitrogen and oxygen atoms in total. The quantitative estimate of drug-likeness (QED) is 0.101. The average Bonchev–Trinajstić information content (AvgIpc) is 2.00. The van der Waals surface area contributed by atoms with E-state index in [1.807, 2.05) is 24.3 Å². The number of para-hydroxylation sites is 4. The van der Waals surface area contributed by atoms with E-state index in [0.29, 0.717) is 11.3 Å². The molecule has 0 N–H and O–H groups in total. The first-order chi connectivity index (χ1) is 43.3. The van der Waals surface area contributed by atoms with Crippen molar-refractivity contribution in [3.05, 3.63) is 306 Å². The Morgan fingerprint density at radius 1 is 0.371 bits per heavy atom. The van der Waals surface area contributed by atoms with Crippen molar-refractivity contribution in [2.24, 2.45) is 0 Å². The normalized spacial score (nSPS) is 13.4. The van der Waals surface area contributed by atoms with E-state index in [9.17, 15) is 5.26 Å². The van der Waals surface area contributed by atoms with Gasteiger partial charge in [-0.3, -0.25) is 0 Å². The number of aromatic nitrogens is 2. The molecule has 0 bridgehead atoms. The lowest BCUT2D eigenvalue weighted by molar-refractivity contribution is 0.661. The third kappa shape index (κ3) is 8.27. The number of fused-ring (bicyclic) bond motifs is 12. The molecule has 12 aromatic carbocycles. The molecule has 0 amide bonds. The van der Waals surface area contributed by atoms with Crippen LogP contribution in [0.4, 0.5) is 39.8 Å². The third-order valence-corrected chi connectivity index (χ3v) is 23.1. The minimum atomic E-state index is -2.31. The molecule has 424 valence electrons. The number of nitrogens with zero attached hydrogens (tertiary/aromatic N) is 6. The molecular formula is C82H62N6Si. The fourth-order valence-electron chi connectivity index (χ4n) is 14.8. The first kappa shape index (κ1) is 53.5. The highest BCUT2D eigenvalue weighted by Crippen LogP contribution is 2.53. The van der Waals surface area contributed by atoms with Gasteiger partial charge in [0.25, 0.3) is 0 Å². The van der Waals surface area contributed by atoms with Crippen molar-refractivity contribution in [2.75, 3.05) is 9.80 Å². The maximum absolute atomic E-state index is 9.88. The molecule has 0 saturated heterocycles. The number of hydrogen-bond donors (Lipinski definition) is 0. The van der Waals surface area contributed by atoms with E-state index < -0.39 is 8.07 Å². The van der Waals surface area contributed by atoms with Crippen LogP contribution in [-0.4, -0.2) is 17.2 Å². The summed E-state index contributed by atoms with van der Waals surface area (Å²) in [6.07, 6.45) is 0. The molecule has 0 atom stereocenters. The van der Waals surface area contributed by atoms with E-state index in [0.717, 1.165) is 56.5 Å². The van der Waals surface area contributed by atoms with E-state index in [1.54, 1.807) is 0 Å². The maximum atomic E-state index is 9.88. The summed E-state index contributed by atoms with van der Waals surface area (Å²) in [7, 11) is -2.31. The van der Waals surface area contributed by atoms with Crippen LogP contribution in [0.25, 0.3) is 82.1 Å². The van der Waals surface area contributed by atoms with Crippen molar-refractivity contribution in [2.45, 2.75) is 51.6 Å². The van der Waals surface area contributed by atoms with Gasteiger partial charge >= 0.3 is 0 Å². The third-order valence-electron chi connectivity index (χ3n) is 19.6. The molecule has 0 saturated carbocycles. The first-order valence-corrected chi connectivity index (χ1v) is 33.7. The predicted molar refractivity (Wildman–Crippen MR) is 374 cm³/mol. The zero-order valence-corrected chi connectivity index (χ0v) is 51.6. The van der Waals surface area contributed by atoms with Gasteiger partial charge in [0.05, 0.1) is 40.3 Å². The van der Waals surface area contributed by atoms with Gasteiger partial charge < -0.3 is 18.9 Å². The SMILES string of the molecule is [C-]#[N+]c1ccc(N(c2ccc3c(c2)C(C)(C)c2cc([Si](C)(C)c4ccc5c(c4)C(C)(C)c4cc(N(c6ccc(C#N)cc6)c6ccc7c(c6)c6ccccc6n7-c6ccccc6)ccc4-5)ccc2-3)c2ccc3c(c2)c2ccccc2n3-c2ccccc2)cc1. The lowest BCUT2D eigenvalue weighted by Crippen LogP contribution is -2.53. The first-order valence-electron chi connectivity index (χ1n) is 30.7. The van der Waals surface area contributed by atoms with Crippen molar-refractivity contribution in [3.63, 3.8) is 0 Å². The van der Waals surface area contributed by atoms with Crippen molar-refractivity contribution < 1.29 is 0 Å². The molecule has 2 aliphatic rings. The molecule has 0 aliphatic heterocycles. The fourth-order valence-corrected chi connectivity index (χ4v) is 17.2. The summed E-state index contributed by atoms with van der Waals surface area (Å²) in [5, 5.41) is 17.5. The predicted octanol–water partition coefficient (Wildman–Crippen LogP) is 20.7. The summed E-state index contributed by atoms with van der Waals surface area (Å²) >= 11 is 0. The summed E-state index contributed by atoms with van der Waals surface area (Å²) in [4.78, 5) is 8.47.